The molecule has 126 valence electrons. The molecule has 0 unspecified atom stereocenters. The molecule has 1 saturated carbocycles. The molecule has 0 saturated heterocycles. The normalized spacial score (nSPS) is 15.0. The number of carbonyl (C=O) groups is 2. The van der Waals surface area contributed by atoms with Crippen LogP contribution in [-0.2, 0) is 11.3 Å². The average molecular weight is 317 g/mol. The first-order valence-electron chi connectivity index (χ1n) is 8.55. The van der Waals surface area contributed by atoms with Gasteiger partial charge in [0, 0.05) is 19.1 Å². The maximum atomic E-state index is 12.3. The van der Waals surface area contributed by atoms with E-state index >= 15 is 0 Å². The molecule has 0 aliphatic heterocycles. The molecule has 2 N–H and O–H groups in total. The highest BCUT2D eigenvalue weighted by molar-refractivity contribution is 5.84. The molecule has 1 aromatic carbocycles. The minimum Gasteiger partial charge on any atom is -0.337 e. The van der Waals surface area contributed by atoms with Crippen LogP contribution < -0.4 is 10.6 Å². The van der Waals surface area contributed by atoms with Crippen LogP contribution in [0.3, 0.4) is 0 Å². The van der Waals surface area contributed by atoms with E-state index in [0.717, 1.165) is 18.4 Å². The Morgan fingerprint density at radius 1 is 1.13 bits per heavy atom. The van der Waals surface area contributed by atoms with Crippen molar-refractivity contribution in [2.75, 3.05) is 13.1 Å². The summed E-state index contributed by atoms with van der Waals surface area (Å²) >= 11 is 0. The quantitative estimate of drug-likeness (QED) is 0.847. The summed E-state index contributed by atoms with van der Waals surface area (Å²) in [7, 11) is 0. The van der Waals surface area contributed by atoms with Gasteiger partial charge >= 0.3 is 6.03 Å². The Kier molecular flexibility index (Phi) is 6.91. The van der Waals surface area contributed by atoms with Gasteiger partial charge in [0.2, 0.25) is 5.91 Å². The van der Waals surface area contributed by atoms with Crippen LogP contribution in [0.5, 0.6) is 0 Å². The van der Waals surface area contributed by atoms with Crippen molar-refractivity contribution in [3.8, 4) is 0 Å². The number of nitrogens with one attached hydrogen (secondary N) is 2. The first-order valence-corrected chi connectivity index (χ1v) is 8.55. The fraction of sp³-hybridized carbons (Fsp3) is 0.556. The van der Waals surface area contributed by atoms with Crippen molar-refractivity contribution in [3.63, 3.8) is 0 Å². The molecule has 5 nitrogen and oxygen atoms in total. The van der Waals surface area contributed by atoms with Gasteiger partial charge in [-0.15, -0.1) is 0 Å². The summed E-state index contributed by atoms with van der Waals surface area (Å²) in [5.41, 5.74) is 1.09. The zero-order valence-corrected chi connectivity index (χ0v) is 13.9. The zero-order chi connectivity index (χ0) is 16.5. The number of urea groups is 1. The highest BCUT2D eigenvalue weighted by Gasteiger charge is 2.17. The van der Waals surface area contributed by atoms with E-state index in [9.17, 15) is 9.59 Å². The summed E-state index contributed by atoms with van der Waals surface area (Å²) in [4.78, 5) is 25.9. The predicted molar refractivity (Wildman–Crippen MR) is 90.9 cm³/mol. The van der Waals surface area contributed by atoms with Gasteiger partial charge in [0.05, 0.1) is 6.54 Å². The van der Waals surface area contributed by atoms with Gasteiger partial charge in [0.1, 0.15) is 0 Å². The van der Waals surface area contributed by atoms with Crippen LogP contribution in [0.15, 0.2) is 30.3 Å². The summed E-state index contributed by atoms with van der Waals surface area (Å²) in [6.45, 7) is 3.18. The third kappa shape index (κ3) is 5.93. The van der Waals surface area contributed by atoms with Crippen molar-refractivity contribution in [1.29, 1.82) is 0 Å². The number of likely N-dealkylation sites (N-methyl/N-ethyl adjacent to an activating group) is 1. The Morgan fingerprint density at radius 2 is 1.83 bits per heavy atom. The number of hydrogen-bond acceptors (Lipinski definition) is 2. The topological polar surface area (TPSA) is 61.4 Å². The monoisotopic (exact) mass is 317 g/mol. The molecular weight excluding hydrogens is 290 g/mol. The number of benzene rings is 1. The van der Waals surface area contributed by atoms with Crippen molar-refractivity contribution >= 4 is 11.9 Å². The van der Waals surface area contributed by atoms with Crippen LogP contribution in [0.25, 0.3) is 0 Å². The SMILES string of the molecule is CCN(Cc1ccccc1)C(=O)CNC(=O)NC1CCCCC1. The van der Waals surface area contributed by atoms with E-state index in [0.29, 0.717) is 13.1 Å². The Morgan fingerprint density at radius 3 is 2.48 bits per heavy atom. The third-order valence-electron chi connectivity index (χ3n) is 4.29. The molecule has 0 bridgehead atoms. The highest BCUT2D eigenvalue weighted by atomic mass is 16.2. The predicted octanol–water partition coefficient (Wildman–Crippen LogP) is 2.67. The zero-order valence-electron chi connectivity index (χ0n) is 13.9. The first-order chi connectivity index (χ1) is 11.2. The molecule has 0 radical (unpaired) electrons. The number of hydrogen-bond donors (Lipinski definition) is 2. The van der Waals surface area contributed by atoms with Gasteiger partial charge in [0.25, 0.3) is 0 Å². The van der Waals surface area contributed by atoms with Gasteiger partial charge in [-0.3, -0.25) is 4.79 Å². The van der Waals surface area contributed by atoms with E-state index in [2.05, 4.69) is 10.6 Å². The van der Waals surface area contributed by atoms with Gasteiger partial charge in [-0.25, -0.2) is 4.79 Å². The number of nitrogens with zero attached hydrogens (tertiary/aromatic N) is 1. The number of carbonyl (C=O) groups excluding carboxylic acids is 2. The summed E-state index contributed by atoms with van der Waals surface area (Å²) in [6.07, 6.45) is 5.67. The van der Waals surface area contributed by atoms with Gasteiger partial charge in [-0.05, 0) is 25.3 Å². The van der Waals surface area contributed by atoms with Crippen LogP contribution in [0.1, 0.15) is 44.6 Å². The smallest absolute Gasteiger partial charge is 0.315 e. The van der Waals surface area contributed by atoms with E-state index in [4.69, 9.17) is 0 Å². The van der Waals surface area contributed by atoms with Gasteiger partial charge in [-0.2, -0.15) is 0 Å². The van der Waals surface area contributed by atoms with Crippen LogP contribution in [-0.4, -0.2) is 36.0 Å². The van der Waals surface area contributed by atoms with Crippen molar-refractivity contribution in [2.24, 2.45) is 0 Å². The second-order valence-electron chi connectivity index (χ2n) is 6.06. The summed E-state index contributed by atoms with van der Waals surface area (Å²) < 4.78 is 0. The molecule has 5 heteroatoms. The second kappa shape index (κ2) is 9.18. The largest absolute Gasteiger partial charge is 0.337 e. The Labute approximate surface area is 138 Å². The van der Waals surface area contributed by atoms with Gasteiger partial charge in [0.15, 0.2) is 0 Å². The van der Waals surface area contributed by atoms with Crippen LogP contribution in [0, 0.1) is 0 Å². The lowest BCUT2D eigenvalue weighted by molar-refractivity contribution is -0.130. The molecule has 0 atom stereocenters. The molecule has 2 rings (SSSR count). The Hall–Kier alpha value is -2.04. The molecule has 0 spiro atoms. The average Bonchev–Trinajstić information content (AvgIpc) is 2.59. The minimum atomic E-state index is -0.235. The van der Waals surface area contributed by atoms with E-state index in [-0.39, 0.29) is 24.5 Å². The van der Waals surface area contributed by atoms with Crippen LogP contribution >= 0.6 is 0 Å². The maximum Gasteiger partial charge on any atom is 0.315 e. The molecule has 0 aromatic heterocycles. The lowest BCUT2D eigenvalue weighted by Crippen LogP contribution is -2.47. The van der Waals surface area contributed by atoms with Gasteiger partial charge < -0.3 is 15.5 Å². The van der Waals surface area contributed by atoms with E-state index < -0.39 is 0 Å². The lowest BCUT2D eigenvalue weighted by Gasteiger charge is -2.24. The number of rotatable bonds is 6. The summed E-state index contributed by atoms with van der Waals surface area (Å²) in [5.74, 6) is -0.0600. The molecule has 1 aromatic rings. The number of amides is 3. The molecule has 1 fully saturated rings. The highest BCUT2D eigenvalue weighted by Crippen LogP contribution is 2.17. The Bertz CT molecular complexity index is 498. The molecule has 23 heavy (non-hydrogen) atoms. The van der Waals surface area contributed by atoms with Crippen molar-refractivity contribution in [3.05, 3.63) is 35.9 Å². The molecule has 0 heterocycles. The van der Waals surface area contributed by atoms with E-state index in [1.807, 2.05) is 37.3 Å². The maximum absolute atomic E-state index is 12.3. The van der Waals surface area contributed by atoms with E-state index in [1.165, 1.54) is 19.3 Å². The van der Waals surface area contributed by atoms with Crippen LogP contribution in [0.4, 0.5) is 4.79 Å². The summed E-state index contributed by atoms with van der Waals surface area (Å²) in [6, 6.07) is 9.90. The van der Waals surface area contributed by atoms with Crippen molar-refractivity contribution in [1.82, 2.24) is 15.5 Å². The standard InChI is InChI=1S/C18H27N3O2/c1-2-21(14-15-9-5-3-6-10-15)17(22)13-19-18(23)20-16-11-7-4-8-12-16/h3,5-6,9-10,16H,2,4,7-8,11-14H2,1H3,(H2,19,20,23). The lowest BCUT2D eigenvalue weighted by atomic mass is 9.96. The third-order valence-corrected chi connectivity index (χ3v) is 4.29. The van der Waals surface area contributed by atoms with Gasteiger partial charge in [-0.1, -0.05) is 49.6 Å². The van der Waals surface area contributed by atoms with Crippen molar-refractivity contribution in [2.45, 2.75) is 51.6 Å². The Balaban J connectivity index is 1.74. The van der Waals surface area contributed by atoms with Crippen LogP contribution in [0.2, 0.25) is 0 Å². The molecule has 3 amide bonds. The molecule has 1 aliphatic rings. The fourth-order valence-electron chi connectivity index (χ4n) is 2.93. The summed E-state index contributed by atoms with van der Waals surface area (Å²) in [5, 5.41) is 5.65. The van der Waals surface area contributed by atoms with Crippen molar-refractivity contribution < 1.29 is 9.59 Å². The van der Waals surface area contributed by atoms with E-state index in [1.54, 1.807) is 4.90 Å². The molecular formula is C18H27N3O2. The first kappa shape index (κ1) is 17.3. The molecule has 1 aliphatic carbocycles. The second-order valence-corrected chi connectivity index (χ2v) is 6.06. The minimum absolute atomic E-state index is 0.0409. The fourth-order valence-corrected chi connectivity index (χ4v) is 2.93.